The molecule has 2 aliphatic rings. The molecule has 1 unspecified atom stereocenters. The highest BCUT2D eigenvalue weighted by Gasteiger charge is 2.43. The van der Waals surface area contributed by atoms with Crippen molar-refractivity contribution in [3.05, 3.63) is 35.1 Å². The van der Waals surface area contributed by atoms with Crippen LogP contribution in [0.5, 0.6) is 0 Å². The first kappa shape index (κ1) is 12.5. The third-order valence-corrected chi connectivity index (χ3v) is 3.46. The standard InChI is InChI=1S/C13H10FN3O3/c14-7-3-1-2-6-10(7)13(20)17(11(6)15)8-4-5-9(18)16-12(8)19/h1-3,8,15H,4-5H2,(H,16,18,19). The van der Waals surface area contributed by atoms with Crippen LogP contribution in [-0.4, -0.2) is 34.5 Å². The van der Waals surface area contributed by atoms with Gasteiger partial charge in [0.15, 0.2) is 0 Å². The average Bonchev–Trinajstić information content (AvgIpc) is 2.64. The van der Waals surface area contributed by atoms with Crippen molar-refractivity contribution in [2.24, 2.45) is 0 Å². The van der Waals surface area contributed by atoms with Gasteiger partial charge >= 0.3 is 0 Å². The molecule has 102 valence electrons. The topological polar surface area (TPSA) is 90.3 Å². The Morgan fingerprint density at radius 1 is 1.30 bits per heavy atom. The number of halogens is 1. The number of benzene rings is 1. The molecule has 1 fully saturated rings. The molecule has 1 aromatic carbocycles. The molecule has 3 amide bonds. The van der Waals surface area contributed by atoms with Gasteiger partial charge in [0.05, 0.1) is 5.56 Å². The molecule has 2 N–H and O–H groups in total. The highest BCUT2D eigenvalue weighted by Crippen LogP contribution is 2.28. The van der Waals surface area contributed by atoms with E-state index in [9.17, 15) is 18.8 Å². The Morgan fingerprint density at radius 2 is 2.05 bits per heavy atom. The number of imide groups is 1. The average molecular weight is 275 g/mol. The van der Waals surface area contributed by atoms with Crippen LogP contribution in [0.3, 0.4) is 0 Å². The molecular formula is C13H10FN3O3. The number of rotatable bonds is 1. The Morgan fingerprint density at radius 3 is 2.70 bits per heavy atom. The quantitative estimate of drug-likeness (QED) is 0.727. The van der Waals surface area contributed by atoms with Gasteiger partial charge in [-0.3, -0.25) is 30.0 Å². The van der Waals surface area contributed by atoms with Gasteiger partial charge in [-0.25, -0.2) is 4.39 Å². The number of carbonyl (C=O) groups is 3. The van der Waals surface area contributed by atoms with E-state index in [0.29, 0.717) is 0 Å². The van der Waals surface area contributed by atoms with E-state index in [2.05, 4.69) is 5.32 Å². The number of fused-ring (bicyclic) bond motifs is 1. The van der Waals surface area contributed by atoms with Gasteiger partial charge in [-0.15, -0.1) is 0 Å². The van der Waals surface area contributed by atoms with Crippen LogP contribution in [0.1, 0.15) is 28.8 Å². The van der Waals surface area contributed by atoms with E-state index in [-0.39, 0.29) is 29.8 Å². The van der Waals surface area contributed by atoms with Crippen molar-refractivity contribution >= 4 is 23.6 Å². The maximum atomic E-state index is 13.7. The first-order valence-electron chi connectivity index (χ1n) is 6.05. The van der Waals surface area contributed by atoms with Gasteiger partial charge in [-0.05, 0) is 12.5 Å². The molecule has 2 aliphatic heterocycles. The number of amidine groups is 1. The van der Waals surface area contributed by atoms with Crippen molar-refractivity contribution in [3.63, 3.8) is 0 Å². The van der Waals surface area contributed by atoms with Crippen LogP contribution in [0.25, 0.3) is 0 Å². The maximum absolute atomic E-state index is 13.7. The zero-order chi connectivity index (χ0) is 14.4. The highest BCUT2D eigenvalue weighted by atomic mass is 19.1. The van der Waals surface area contributed by atoms with E-state index in [0.717, 1.165) is 11.0 Å². The third kappa shape index (κ3) is 1.63. The van der Waals surface area contributed by atoms with E-state index in [1.165, 1.54) is 12.1 Å². The number of nitrogens with one attached hydrogen (secondary N) is 2. The predicted molar refractivity (Wildman–Crippen MR) is 65.6 cm³/mol. The summed E-state index contributed by atoms with van der Waals surface area (Å²) in [5.74, 6) is -2.68. The fourth-order valence-corrected chi connectivity index (χ4v) is 2.52. The van der Waals surface area contributed by atoms with E-state index < -0.39 is 29.6 Å². The molecule has 7 heteroatoms. The second-order valence-corrected chi connectivity index (χ2v) is 4.65. The van der Waals surface area contributed by atoms with Crippen LogP contribution >= 0.6 is 0 Å². The smallest absolute Gasteiger partial charge is 0.263 e. The SMILES string of the molecule is N=C1c2cccc(F)c2C(=O)N1C1CCC(=O)NC1=O. The Labute approximate surface area is 113 Å². The molecule has 1 saturated heterocycles. The van der Waals surface area contributed by atoms with Crippen molar-refractivity contribution in [2.45, 2.75) is 18.9 Å². The fraction of sp³-hybridized carbons (Fsp3) is 0.231. The zero-order valence-electron chi connectivity index (χ0n) is 10.3. The van der Waals surface area contributed by atoms with Gasteiger partial charge in [0, 0.05) is 12.0 Å². The summed E-state index contributed by atoms with van der Waals surface area (Å²) in [7, 11) is 0. The minimum atomic E-state index is -0.945. The molecule has 0 saturated carbocycles. The van der Waals surface area contributed by atoms with Crippen molar-refractivity contribution in [2.75, 3.05) is 0 Å². The Balaban J connectivity index is 2.00. The van der Waals surface area contributed by atoms with Crippen molar-refractivity contribution in [1.29, 1.82) is 5.41 Å². The van der Waals surface area contributed by atoms with E-state index in [1.807, 2.05) is 0 Å². The van der Waals surface area contributed by atoms with Gasteiger partial charge in [-0.2, -0.15) is 0 Å². The lowest BCUT2D eigenvalue weighted by atomic mass is 10.0. The second kappa shape index (κ2) is 4.22. The first-order chi connectivity index (χ1) is 9.50. The van der Waals surface area contributed by atoms with Gasteiger partial charge in [0.25, 0.3) is 5.91 Å². The Kier molecular flexibility index (Phi) is 2.63. The van der Waals surface area contributed by atoms with Crippen LogP contribution in [-0.2, 0) is 9.59 Å². The van der Waals surface area contributed by atoms with Gasteiger partial charge < -0.3 is 0 Å². The summed E-state index contributed by atoms with van der Waals surface area (Å²) in [5.41, 5.74) is -0.0260. The zero-order valence-corrected chi connectivity index (χ0v) is 10.3. The van der Waals surface area contributed by atoms with E-state index in [4.69, 9.17) is 5.41 Å². The lowest BCUT2D eigenvalue weighted by molar-refractivity contribution is -0.135. The molecule has 1 aromatic rings. The van der Waals surface area contributed by atoms with Gasteiger partial charge in [0.2, 0.25) is 11.8 Å². The number of amides is 3. The molecule has 0 bridgehead atoms. The van der Waals surface area contributed by atoms with Crippen LogP contribution in [0.15, 0.2) is 18.2 Å². The summed E-state index contributed by atoms with van der Waals surface area (Å²) >= 11 is 0. The number of hydrogen-bond acceptors (Lipinski definition) is 4. The summed E-state index contributed by atoms with van der Waals surface area (Å²) in [6.45, 7) is 0. The molecule has 6 nitrogen and oxygen atoms in total. The summed E-state index contributed by atoms with van der Waals surface area (Å²) in [6, 6.07) is 3.06. The maximum Gasteiger partial charge on any atom is 0.263 e. The van der Waals surface area contributed by atoms with E-state index in [1.54, 1.807) is 0 Å². The fourth-order valence-electron chi connectivity index (χ4n) is 2.52. The molecule has 1 atom stereocenters. The molecule has 20 heavy (non-hydrogen) atoms. The minimum Gasteiger partial charge on any atom is -0.295 e. The van der Waals surface area contributed by atoms with Crippen molar-refractivity contribution in [3.8, 4) is 0 Å². The third-order valence-electron chi connectivity index (χ3n) is 3.46. The minimum absolute atomic E-state index is 0.0896. The molecule has 0 aliphatic carbocycles. The number of nitrogens with zero attached hydrogens (tertiary/aromatic N) is 1. The molecule has 3 rings (SSSR count). The van der Waals surface area contributed by atoms with Gasteiger partial charge in [0.1, 0.15) is 17.7 Å². The Bertz CT molecular complexity index is 671. The highest BCUT2D eigenvalue weighted by molar-refractivity contribution is 6.24. The summed E-state index contributed by atoms with van der Waals surface area (Å²) < 4.78 is 13.7. The predicted octanol–water partition coefficient (Wildman–Crippen LogP) is 0.412. The van der Waals surface area contributed by atoms with E-state index >= 15 is 0 Å². The molecule has 0 aromatic heterocycles. The summed E-state index contributed by atoms with van der Waals surface area (Å²) in [5, 5.41) is 10.1. The summed E-state index contributed by atoms with van der Waals surface area (Å²) in [4.78, 5) is 36.1. The summed E-state index contributed by atoms with van der Waals surface area (Å²) in [6.07, 6.45) is 0.223. The van der Waals surface area contributed by atoms with Crippen molar-refractivity contribution in [1.82, 2.24) is 10.2 Å². The number of hydrogen-bond donors (Lipinski definition) is 2. The lowest BCUT2D eigenvalue weighted by Gasteiger charge is -2.29. The normalized spacial score (nSPS) is 22.1. The molecular weight excluding hydrogens is 265 g/mol. The van der Waals surface area contributed by atoms with Gasteiger partial charge in [-0.1, -0.05) is 12.1 Å². The monoisotopic (exact) mass is 275 g/mol. The van der Waals surface area contributed by atoms with Crippen LogP contribution in [0.2, 0.25) is 0 Å². The van der Waals surface area contributed by atoms with Crippen LogP contribution in [0, 0.1) is 11.2 Å². The molecule has 2 heterocycles. The van der Waals surface area contributed by atoms with Crippen LogP contribution < -0.4 is 5.32 Å². The van der Waals surface area contributed by atoms with Crippen molar-refractivity contribution < 1.29 is 18.8 Å². The largest absolute Gasteiger partial charge is 0.295 e. The Hall–Kier alpha value is -2.57. The number of piperidine rings is 1. The lowest BCUT2D eigenvalue weighted by Crippen LogP contribution is -2.54. The second-order valence-electron chi connectivity index (χ2n) is 4.65. The first-order valence-corrected chi connectivity index (χ1v) is 6.05. The van der Waals surface area contributed by atoms with Crippen LogP contribution in [0.4, 0.5) is 4.39 Å². The molecule has 0 radical (unpaired) electrons. The molecule has 0 spiro atoms. The number of carbonyl (C=O) groups excluding carboxylic acids is 3.